The zero-order valence-corrected chi connectivity index (χ0v) is 18.9. The molecule has 0 saturated carbocycles. The van der Waals surface area contributed by atoms with E-state index < -0.39 is 0 Å². The van der Waals surface area contributed by atoms with Crippen molar-refractivity contribution < 1.29 is 4.74 Å². The highest BCUT2D eigenvalue weighted by atomic mass is 16.5. The first-order valence-corrected chi connectivity index (χ1v) is 11.3. The van der Waals surface area contributed by atoms with Crippen molar-refractivity contribution in [3.63, 3.8) is 0 Å². The van der Waals surface area contributed by atoms with E-state index in [1.807, 2.05) is 0 Å². The Bertz CT molecular complexity index is 272. The molecule has 0 bridgehead atoms. The van der Waals surface area contributed by atoms with E-state index >= 15 is 0 Å². The Balaban J connectivity index is 4.02. The minimum Gasteiger partial charge on any atom is -0.375 e. The summed E-state index contributed by atoms with van der Waals surface area (Å²) < 4.78 is 6.44. The van der Waals surface area contributed by atoms with Gasteiger partial charge in [0.15, 0.2) is 0 Å². The maximum atomic E-state index is 6.44. The molecule has 0 rings (SSSR count). The third-order valence-electron chi connectivity index (χ3n) is 5.13. The molecular formula is C22H50N4O. The summed E-state index contributed by atoms with van der Waals surface area (Å²) in [6.45, 7) is 3.81. The van der Waals surface area contributed by atoms with Gasteiger partial charge in [0.1, 0.15) is 0 Å². The molecule has 5 heteroatoms. The molecule has 0 aromatic rings. The van der Waals surface area contributed by atoms with Gasteiger partial charge in [0.05, 0.1) is 12.2 Å². The fourth-order valence-corrected chi connectivity index (χ4v) is 3.51. The third kappa shape index (κ3) is 18.9. The van der Waals surface area contributed by atoms with Crippen LogP contribution in [0.3, 0.4) is 0 Å². The van der Waals surface area contributed by atoms with Gasteiger partial charge in [-0.15, -0.1) is 0 Å². The van der Waals surface area contributed by atoms with Gasteiger partial charge >= 0.3 is 0 Å². The lowest BCUT2D eigenvalue weighted by molar-refractivity contribution is -0.0279. The van der Waals surface area contributed by atoms with Crippen LogP contribution in [0, 0.1) is 0 Å². The van der Waals surface area contributed by atoms with Crippen LogP contribution >= 0.6 is 0 Å². The topological polar surface area (TPSA) is 67.7 Å². The molecule has 0 aliphatic carbocycles. The largest absolute Gasteiger partial charge is 0.375 e. The zero-order valence-electron chi connectivity index (χ0n) is 18.9. The molecule has 0 aliphatic rings. The van der Waals surface area contributed by atoms with Crippen molar-refractivity contribution in [2.45, 2.75) is 89.3 Å². The molecule has 0 amide bonds. The number of hydrogen-bond donors (Lipinski definition) is 2. The number of rotatable bonds is 20. The Morgan fingerprint density at radius 1 is 0.556 bits per heavy atom. The molecule has 0 aliphatic heterocycles. The predicted molar refractivity (Wildman–Crippen MR) is 119 cm³/mol. The van der Waals surface area contributed by atoms with E-state index in [4.69, 9.17) is 16.2 Å². The molecule has 0 fully saturated rings. The zero-order chi connectivity index (χ0) is 20.3. The average Bonchev–Trinajstić information content (AvgIpc) is 2.60. The van der Waals surface area contributed by atoms with Gasteiger partial charge in [0, 0.05) is 0 Å². The second kappa shape index (κ2) is 19.1. The SMILES string of the molecule is CN(C)CCCCCCC(CCN)OC(CCN)CCCCCCN(C)C. The van der Waals surface area contributed by atoms with Crippen molar-refractivity contribution in [3.8, 4) is 0 Å². The number of ether oxygens (including phenoxy) is 1. The molecule has 4 N–H and O–H groups in total. The highest BCUT2D eigenvalue weighted by Gasteiger charge is 2.15. The Morgan fingerprint density at radius 2 is 0.926 bits per heavy atom. The summed E-state index contributed by atoms with van der Waals surface area (Å²) in [7, 11) is 8.58. The molecule has 2 atom stereocenters. The van der Waals surface area contributed by atoms with Gasteiger partial charge in [0.2, 0.25) is 0 Å². The molecule has 164 valence electrons. The average molecular weight is 387 g/mol. The normalized spacial score (nSPS) is 14.2. The molecule has 0 aromatic carbocycles. The lowest BCUT2D eigenvalue weighted by Gasteiger charge is -2.25. The van der Waals surface area contributed by atoms with Gasteiger partial charge in [-0.2, -0.15) is 0 Å². The highest BCUT2D eigenvalue weighted by molar-refractivity contribution is 4.67. The molecule has 27 heavy (non-hydrogen) atoms. The molecule has 0 radical (unpaired) electrons. The Labute approximate surface area is 170 Å². The molecule has 0 spiro atoms. The van der Waals surface area contributed by atoms with Crippen LogP contribution < -0.4 is 11.5 Å². The first-order chi connectivity index (χ1) is 13.0. The van der Waals surface area contributed by atoms with Gasteiger partial charge in [-0.1, -0.05) is 38.5 Å². The number of nitrogens with two attached hydrogens (primary N) is 2. The molecule has 5 nitrogen and oxygen atoms in total. The van der Waals surface area contributed by atoms with Gasteiger partial charge in [-0.25, -0.2) is 0 Å². The van der Waals surface area contributed by atoms with Crippen molar-refractivity contribution in [2.75, 3.05) is 54.4 Å². The Morgan fingerprint density at radius 3 is 1.26 bits per heavy atom. The van der Waals surface area contributed by atoms with Gasteiger partial charge in [0.25, 0.3) is 0 Å². The summed E-state index contributed by atoms with van der Waals surface area (Å²) in [6, 6.07) is 0. The van der Waals surface area contributed by atoms with Crippen LogP contribution in [0.5, 0.6) is 0 Å². The monoisotopic (exact) mass is 386 g/mol. The van der Waals surface area contributed by atoms with E-state index in [-0.39, 0.29) is 0 Å². The first-order valence-electron chi connectivity index (χ1n) is 11.3. The number of unbranched alkanes of at least 4 members (excludes halogenated alkanes) is 6. The van der Waals surface area contributed by atoms with E-state index in [1.54, 1.807) is 0 Å². The second-order valence-corrected chi connectivity index (χ2v) is 8.55. The van der Waals surface area contributed by atoms with Gasteiger partial charge < -0.3 is 26.0 Å². The summed E-state index contributed by atoms with van der Waals surface area (Å²) in [5.41, 5.74) is 11.7. The van der Waals surface area contributed by atoms with Crippen molar-refractivity contribution >= 4 is 0 Å². The highest BCUT2D eigenvalue weighted by Crippen LogP contribution is 2.18. The van der Waals surface area contributed by atoms with E-state index in [2.05, 4.69) is 38.0 Å². The summed E-state index contributed by atoms with van der Waals surface area (Å²) in [5, 5.41) is 0. The van der Waals surface area contributed by atoms with Crippen LogP contribution in [-0.4, -0.2) is 76.4 Å². The fourth-order valence-electron chi connectivity index (χ4n) is 3.51. The summed E-state index contributed by atoms with van der Waals surface area (Å²) in [5.74, 6) is 0. The van der Waals surface area contributed by atoms with Crippen LogP contribution in [0.15, 0.2) is 0 Å². The summed E-state index contributed by atoms with van der Waals surface area (Å²) in [4.78, 5) is 4.52. The smallest absolute Gasteiger partial charge is 0.0591 e. The number of nitrogens with zero attached hydrogens (tertiary/aromatic N) is 2. The molecule has 0 aromatic heterocycles. The van der Waals surface area contributed by atoms with Crippen LogP contribution in [0.4, 0.5) is 0 Å². The minimum absolute atomic E-state index is 0.314. The van der Waals surface area contributed by atoms with E-state index in [1.165, 1.54) is 64.5 Å². The molecule has 0 saturated heterocycles. The van der Waals surface area contributed by atoms with E-state index in [9.17, 15) is 0 Å². The lowest BCUT2D eigenvalue weighted by atomic mass is 10.0. The van der Waals surface area contributed by atoms with Gasteiger partial charge in [-0.05, 0) is 92.9 Å². The molecule has 2 unspecified atom stereocenters. The van der Waals surface area contributed by atoms with Crippen LogP contribution in [0.25, 0.3) is 0 Å². The fraction of sp³-hybridized carbons (Fsp3) is 1.00. The van der Waals surface area contributed by atoms with Crippen molar-refractivity contribution in [3.05, 3.63) is 0 Å². The molecule has 0 heterocycles. The third-order valence-corrected chi connectivity index (χ3v) is 5.13. The second-order valence-electron chi connectivity index (χ2n) is 8.55. The van der Waals surface area contributed by atoms with Crippen LogP contribution in [0.2, 0.25) is 0 Å². The maximum Gasteiger partial charge on any atom is 0.0591 e. The quantitative estimate of drug-likeness (QED) is 0.314. The number of hydrogen-bond acceptors (Lipinski definition) is 5. The maximum absolute atomic E-state index is 6.44. The van der Waals surface area contributed by atoms with Crippen molar-refractivity contribution in [1.29, 1.82) is 0 Å². The predicted octanol–water partition coefficient (Wildman–Crippen LogP) is 3.46. The van der Waals surface area contributed by atoms with Gasteiger partial charge in [-0.3, -0.25) is 0 Å². The standard InChI is InChI=1S/C22H50N4O/c1-25(2)19-11-7-5-9-13-21(15-17-23)27-22(16-18-24)14-10-6-8-12-20-26(3)4/h21-22H,5-20,23-24H2,1-4H3. The first kappa shape index (κ1) is 26.8. The summed E-state index contributed by atoms with van der Waals surface area (Å²) in [6.07, 6.45) is 15.2. The van der Waals surface area contributed by atoms with E-state index in [0.29, 0.717) is 25.3 Å². The Kier molecular flexibility index (Phi) is 19.0. The van der Waals surface area contributed by atoms with Crippen molar-refractivity contribution in [2.24, 2.45) is 11.5 Å². The van der Waals surface area contributed by atoms with Crippen LogP contribution in [0.1, 0.15) is 77.0 Å². The van der Waals surface area contributed by atoms with E-state index in [0.717, 1.165) is 25.7 Å². The lowest BCUT2D eigenvalue weighted by Crippen LogP contribution is -2.27. The minimum atomic E-state index is 0.314. The summed E-state index contributed by atoms with van der Waals surface area (Å²) >= 11 is 0. The van der Waals surface area contributed by atoms with Crippen molar-refractivity contribution in [1.82, 2.24) is 9.80 Å². The van der Waals surface area contributed by atoms with Crippen LogP contribution in [-0.2, 0) is 4.74 Å². The molecular weight excluding hydrogens is 336 g/mol. The Hall–Kier alpha value is -0.200.